The van der Waals surface area contributed by atoms with Crippen molar-refractivity contribution in [3.8, 4) is 0 Å². The minimum atomic E-state index is -0.352. The van der Waals surface area contributed by atoms with E-state index in [2.05, 4.69) is 34.7 Å². The Labute approximate surface area is 283 Å². The van der Waals surface area contributed by atoms with Crippen molar-refractivity contribution in [1.82, 2.24) is 10.2 Å². The molecule has 1 heterocycles. The smallest absolute Gasteiger partial charge is 0.207 e. The number of hydrogen-bond donors (Lipinski definition) is 4. The lowest BCUT2D eigenvalue weighted by atomic mass is 10.0. The fraction of sp³-hybridized carbons (Fsp3) is 0.947. The molecule has 0 aliphatic rings. The molecular weight excluding hydrogens is 577 g/mol. The lowest BCUT2D eigenvalue weighted by Gasteiger charge is -2.11. The van der Waals surface area contributed by atoms with Gasteiger partial charge in [-0.25, -0.2) is 0 Å². The molecule has 0 amide bonds. The molecule has 0 saturated carbocycles. The number of nitrogens with zero attached hydrogens (tertiary/aromatic N) is 2. The zero-order valence-corrected chi connectivity index (χ0v) is 30.8. The van der Waals surface area contributed by atoms with Gasteiger partial charge in [0.05, 0.1) is 12.2 Å². The summed E-state index contributed by atoms with van der Waals surface area (Å²) >= 11 is 1.45. The first-order valence-electron chi connectivity index (χ1n) is 19.8. The summed E-state index contributed by atoms with van der Waals surface area (Å²) in [6.45, 7) is 5.58. The van der Waals surface area contributed by atoms with Gasteiger partial charge in [-0.15, -0.1) is 10.2 Å². The number of aliphatic hydroxyl groups excluding tert-OH is 2. The Morgan fingerprint density at radius 1 is 0.422 bits per heavy atom. The topological polar surface area (TPSA) is 90.3 Å². The first-order chi connectivity index (χ1) is 22.2. The van der Waals surface area contributed by atoms with E-state index in [0.29, 0.717) is 13.1 Å². The third-order valence-corrected chi connectivity index (χ3v) is 10.0. The van der Waals surface area contributed by atoms with Crippen LogP contribution in [-0.2, 0) is 0 Å². The number of hydrogen-bond acceptors (Lipinski definition) is 7. The van der Waals surface area contributed by atoms with Crippen molar-refractivity contribution in [1.29, 1.82) is 0 Å². The maximum absolute atomic E-state index is 10.4. The van der Waals surface area contributed by atoms with Crippen molar-refractivity contribution in [3.63, 3.8) is 0 Å². The Kier molecular flexibility index (Phi) is 30.9. The van der Waals surface area contributed by atoms with Gasteiger partial charge in [-0.1, -0.05) is 205 Å². The average Bonchev–Trinajstić information content (AvgIpc) is 3.51. The maximum Gasteiger partial charge on any atom is 0.207 e. The van der Waals surface area contributed by atoms with Crippen molar-refractivity contribution in [3.05, 3.63) is 0 Å². The molecule has 0 radical (unpaired) electrons. The number of aromatic nitrogens is 2. The highest BCUT2D eigenvalue weighted by atomic mass is 32.1. The Balaban J connectivity index is 1.89. The van der Waals surface area contributed by atoms with Crippen LogP contribution in [0.15, 0.2) is 0 Å². The molecule has 0 fully saturated rings. The van der Waals surface area contributed by atoms with Gasteiger partial charge in [0.15, 0.2) is 0 Å². The van der Waals surface area contributed by atoms with Crippen LogP contribution in [0, 0.1) is 0 Å². The highest BCUT2D eigenvalue weighted by molar-refractivity contribution is 7.19. The van der Waals surface area contributed by atoms with Crippen LogP contribution in [0.25, 0.3) is 0 Å². The summed E-state index contributed by atoms with van der Waals surface area (Å²) in [7, 11) is 0. The predicted molar refractivity (Wildman–Crippen MR) is 199 cm³/mol. The van der Waals surface area contributed by atoms with E-state index in [-0.39, 0.29) is 12.2 Å². The zero-order valence-electron chi connectivity index (χ0n) is 30.0. The molecule has 266 valence electrons. The average molecular weight is 653 g/mol. The normalized spacial score (nSPS) is 12.9. The van der Waals surface area contributed by atoms with Gasteiger partial charge in [0.1, 0.15) is 0 Å². The van der Waals surface area contributed by atoms with Crippen molar-refractivity contribution >= 4 is 21.6 Å². The third kappa shape index (κ3) is 29.0. The van der Waals surface area contributed by atoms with Crippen LogP contribution in [0.1, 0.15) is 206 Å². The maximum atomic E-state index is 10.4. The lowest BCUT2D eigenvalue weighted by Crippen LogP contribution is -2.19. The van der Waals surface area contributed by atoms with Crippen LogP contribution in [0.4, 0.5) is 10.3 Å². The molecule has 2 unspecified atom stereocenters. The molecule has 1 rings (SSSR count). The lowest BCUT2D eigenvalue weighted by molar-refractivity contribution is 0.173. The molecule has 45 heavy (non-hydrogen) atoms. The molecule has 0 aliphatic carbocycles. The van der Waals surface area contributed by atoms with Crippen molar-refractivity contribution in [2.24, 2.45) is 0 Å². The van der Waals surface area contributed by atoms with Gasteiger partial charge in [0.25, 0.3) is 0 Å². The second-order valence-electron chi connectivity index (χ2n) is 13.8. The van der Waals surface area contributed by atoms with Crippen LogP contribution >= 0.6 is 11.3 Å². The van der Waals surface area contributed by atoms with Gasteiger partial charge in [-0.05, 0) is 12.8 Å². The number of aliphatic hydroxyl groups is 2. The van der Waals surface area contributed by atoms with E-state index in [1.165, 1.54) is 178 Å². The molecule has 0 aliphatic heterocycles. The second-order valence-corrected chi connectivity index (χ2v) is 14.7. The standard InChI is InChI=1S/C38H76N4O2S/c1-3-5-7-9-11-13-15-17-19-21-23-25-27-29-31-35(43)33-39-37-41-42-38(45-37)40-34-36(44)32-30-28-26-24-22-20-18-16-14-12-10-8-6-4-2/h35-36,43-44H,3-34H2,1-2H3,(H,39,41)(H,40,42). The van der Waals surface area contributed by atoms with Crippen molar-refractivity contribution in [2.45, 2.75) is 219 Å². The number of nitrogens with one attached hydrogen (secondary N) is 2. The van der Waals surface area contributed by atoms with E-state index >= 15 is 0 Å². The summed E-state index contributed by atoms with van der Waals surface area (Å²) in [5.74, 6) is 0. The molecule has 0 spiro atoms. The fourth-order valence-corrected chi connectivity index (χ4v) is 6.79. The van der Waals surface area contributed by atoms with E-state index in [1.54, 1.807) is 0 Å². The molecule has 7 heteroatoms. The molecule has 2 atom stereocenters. The Morgan fingerprint density at radius 3 is 0.933 bits per heavy atom. The quantitative estimate of drug-likeness (QED) is 0.0539. The van der Waals surface area contributed by atoms with E-state index in [1.807, 2.05) is 0 Å². The molecule has 0 aromatic carbocycles. The van der Waals surface area contributed by atoms with Gasteiger partial charge < -0.3 is 20.8 Å². The molecule has 4 N–H and O–H groups in total. The SMILES string of the molecule is CCCCCCCCCCCCCCCCC(O)CNc1nnc(NCC(O)CCCCCCCCCCCCCCCC)s1. The van der Waals surface area contributed by atoms with E-state index in [9.17, 15) is 10.2 Å². The van der Waals surface area contributed by atoms with Gasteiger partial charge >= 0.3 is 0 Å². The van der Waals surface area contributed by atoms with Crippen LogP contribution in [0.3, 0.4) is 0 Å². The van der Waals surface area contributed by atoms with Crippen LogP contribution in [0.2, 0.25) is 0 Å². The first kappa shape index (κ1) is 42.1. The summed E-state index contributed by atoms with van der Waals surface area (Å²) < 4.78 is 0. The van der Waals surface area contributed by atoms with Crippen molar-refractivity contribution in [2.75, 3.05) is 23.7 Å². The monoisotopic (exact) mass is 653 g/mol. The fourth-order valence-electron chi connectivity index (χ4n) is 6.13. The Bertz CT molecular complexity index is 663. The van der Waals surface area contributed by atoms with Gasteiger partial charge in [0.2, 0.25) is 10.3 Å². The molecule has 0 bridgehead atoms. The molecule has 1 aromatic rings. The summed E-state index contributed by atoms with van der Waals surface area (Å²) in [5.41, 5.74) is 0. The van der Waals surface area contributed by atoms with E-state index < -0.39 is 0 Å². The minimum Gasteiger partial charge on any atom is -0.391 e. The van der Waals surface area contributed by atoms with E-state index in [4.69, 9.17) is 0 Å². The Morgan fingerprint density at radius 2 is 0.667 bits per heavy atom. The summed E-state index contributed by atoms with van der Waals surface area (Å²) in [6, 6.07) is 0. The van der Waals surface area contributed by atoms with Crippen LogP contribution in [0.5, 0.6) is 0 Å². The summed E-state index contributed by atoms with van der Waals surface area (Å²) in [4.78, 5) is 0. The molecular formula is C38H76N4O2S. The highest BCUT2D eigenvalue weighted by Gasteiger charge is 2.10. The number of unbranched alkanes of at least 4 members (excludes halogenated alkanes) is 26. The van der Waals surface area contributed by atoms with Gasteiger partial charge in [-0.3, -0.25) is 0 Å². The Hall–Kier alpha value is -0.920. The first-order valence-corrected chi connectivity index (χ1v) is 20.6. The highest BCUT2D eigenvalue weighted by Crippen LogP contribution is 2.21. The molecule has 1 aromatic heterocycles. The minimum absolute atomic E-state index is 0.352. The third-order valence-electron chi connectivity index (χ3n) is 9.18. The van der Waals surface area contributed by atoms with Crippen molar-refractivity contribution < 1.29 is 10.2 Å². The van der Waals surface area contributed by atoms with Crippen LogP contribution in [-0.4, -0.2) is 45.7 Å². The number of anilines is 2. The number of rotatable bonds is 36. The molecule has 6 nitrogen and oxygen atoms in total. The van der Waals surface area contributed by atoms with Crippen LogP contribution < -0.4 is 10.6 Å². The zero-order chi connectivity index (χ0) is 32.5. The van der Waals surface area contributed by atoms with E-state index in [0.717, 1.165) is 35.9 Å². The second kappa shape index (κ2) is 33.0. The summed E-state index contributed by atoms with van der Waals surface area (Å²) in [6.07, 6.45) is 38.8. The summed E-state index contributed by atoms with van der Waals surface area (Å²) in [5, 5.41) is 37.0. The van der Waals surface area contributed by atoms with Gasteiger partial charge in [-0.2, -0.15) is 0 Å². The largest absolute Gasteiger partial charge is 0.391 e. The van der Waals surface area contributed by atoms with Gasteiger partial charge in [0, 0.05) is 13.1 Å². The molecule has 0 saturated heterocycles. The predicted octanol–water partition coefficient (Wildman–Crippen LogP) is 11.8.